The molecule has 0 atom stereocenters. The summed E-state index contributed by atoms with van der Waals surface area (Å²) < 4.78 is 7.36. The molecule has 0 aliphatic heterocycles. The van der Waals surface area contributed by atoms with Crippen molar-refractivity contribution >= 4 is 22.5 Å². The molecule has 0 radical (unpaired) electrons. The van der Waals surface area contributed by atoms with Gasteiger partial charge in [-0.1, -0.05) is 0 Å². The van der Waals surface area contributed by atoms with Gasteiger partial charge in [-0.05, 0) is 64.7 Å². The Balaban J connectivity index is 1.90. The number of hydrogen-bond acceptors (Lipinski definition) is 4. The van der Waals surface area contributed by atoms with Crippen molar-refractivity contribution in [3.63, 3.8) is 0 Å². The van der Waals surface area contributed by atoms with Crippen LogP contribution in [0.15, 0.2) is 27.8 Å². The molecule has 3 rings (SSSR count). The second-order valence-electron chi connectivity index (χ2n) is 8.21. The molecule has 0 bridgehead atoms. The summed E-state index contributed by atoms with van der Waals surface area (Å²) in [6.07, 6.45) is 3.24. The summed E-state index contributed by atoms with van der Waals surface area (Å²) in [5, 5.41) is 3.07. The van der Waals surface area contributed by atoms with Gasteiger partial charge in [0.2, 0.25) is 5.91 Å². The van der Waals surface area contributed by atoms with Gasteiger partial charge in [-0.3, -0.25) is 14.2 Å². The van der Waals surface area contributed by atoms with Gasteiger partial charge in [-0.25, -0.2) is 4.79 Å². The molecule has 146 valence electrons. The van der Waals surface area contributed by atoms with Gasteiger partial charge in [0.25, 0.3) is 5.56 Å². The molecule has 1 aromatic heterocycles. The molecule has 1 aromatic carbocycles. The summed E-state index contributed by atoms with van der Waals surface area (Å²) in [7, 11) is 0. The third kappa shape index (κ3) is 4.47. The monoisotopic (exact) mass is 373 g/mol. The predicted octanol–water partition coefficient (Wildman–Crippen LogP) is 2.95. The zero-order valence-electron chi connectivity index (χ0n) is 16.3. The first-order valence-corrected chi connectivity index (χ1v) is 9.38. The number of aromatic nitrogens is 2. The van der Waals surface area contributed by atoms with Crippen LogP contribution in [0, 0.1) is 0 Å². The third-order valence-corrected chi connectivity index (χ3v) is 4.78. The first kappa shape index (κ1) is 19.4. The topological polar surface area (TPSA) is 93.2 Å². The molecule has 1 aliphatic carbocycles. The predicted molar refractivity (Wildman–Crippen MR) is 105 cm³/mol. The lowest BCUT2D eigenvalue weighted by Crippen LogP contribution is -2.40. The Bertz CT molecular complexity index is 960. The molecule has 7 heteroatoms. The van der Waals surface area contributed by atoms with E-state index in [2.05, 4.69) is 10.3 Å². The van der Waals surface area contributed by atoms with Gasteiger partial charge < -0.3 is 15.0 Å². The van der Waals surface area contributed by atoms with E-state index < -0.39 is 0 Å². The van der Waals surface area contributed by atoms with E-state index >= 15 is 0 Å². The number of carbonyl (C=O) groups is 1. The molecule has 0 saturated heterocycles. The Morgan fingerprint density at radius 2 is 1.85 bits per heavy atom. The molecule has 2 N–H and O–H groups in total. The van der Waals surface area contributed by atoms with E-state index in [9.17, 15) is 14.4 Å². The maximum absolute atomic E-state index is 13.0. The Labute approximate surface area is 157 Å². The number of amides is 1. The number of rotatable bonds is 3. The summed E-state index contributed by atoms with van der Waals surface area (Å²) in [5.41, 5.74) is 0.101. The van der Waals surface area contributed by atoms with Crippen molar-refractivity contribution in [1.82, 2.24) is 9.55 Å². The normalized spacial score (nSPS) is 20.6. The van der Waals surface area contributed by atoms with E-state index in [1.807, 2.05) is 20.8 Å². The van der Waals surface area contributed by atoms with E-state index in [1.54, 1.807) is 18.2 Å². The number of aromatic amines is 1. The standard InChI is InChI=1S/C20H27N3O4/c1-12(24)21-13-5-10-17-16(11-13)18(25)23(19(26)22-17)14-6-8-15(9-7-14)27-20(2,3)4/h5,10-11,14-15H,6-9H2,1-4H3,(H,21,24)(H,22,26). The number of H-pyrrole nitrogens is 1. The number of carbonyl (C=O) groups excluding carboxylic acids is 1. The Morgan fingerprint density at radius 3 is 2.44 bits per heavy atom. The highest BCUT2D eigenvalue weighted by Gasteiger charge is 2.28. The second kappa shape index (κ2) is 7.31. The van der Waals surface area contributed by atoms with E-state index in [1.165, 1.54) is 11.5 Å². The van der Waals surface area contributed by atoms with Crippen LogP contribution in [0.2, 0.25) is 0 Å². The number of nitrogens with one attached hydrogen (secondary N) is 2. The van der Waals surface area contributed by atoms with Crippen LogP contribution in [0.4, 0.5) is 5.69 Å². The summed E-state index contributed by atoms with van der Waals surface area (Å²) >= 11 is 0. The highest BCUT2D eigenvalue weighted by atomic mass is 16.5. The van der Waals surface area contributed by atoms with Crippen LogP contribution in [0.3, 0.4) is 0 Å². The summed E-state index contributed by atoms with van der Waals surface area (Å²) in [5.74, 6) is -0.212. The van der Waals surface area contributed by atoms with E-state index in [-0.39, 0.29) is 34.9 Å². The molecule has 1 fully saturated rings. The average Bonchev–Trinajstić information content (AvgIpc) is 2.55. The summed E-state index contributed by atoms with van der Waals surface area (Å²) in [6.45, 7) is 7.51. The van der Waals surface area contributed by atoms with Crippen molar-refractivity contribution in [2.24, 2.45) is 0 Å². The molecular formula is C20H27N3O4. The van der Waals surface area contributed by atoms with Crippen molar-refractivity contribution in [2.75, 3.05) is 5.32 Å². The van der Waals surface area contributed by atoms with E-state index in [0.29, 0.717) is 16.6 Å². The zero-order valence-corrected chi connectivity index (χ0v) is 16.3. The highest BCUT2D eigenvalue weighted by molar-refractivity contribution is 5.91. The molecule has 1 aliphatic rings. The maximum Gasteiger partial charge on any atom is 0.329 e. The van der Waals surface area contributed by atoms with Crippen LogP contribution in [-0.2, 0) is 9.53 Å². The smallest absolute Gasteiger partial charge is 0.329 e. The second-order valence-corrected chi connectivity index (χ2v) is 8.21. The van der Waals surface area contributed by atoms with E-state index in [4.69, 9.17) is 4.74 Å². The number of hydrogen-bond donors (Lipinski definition) is 2. The maximum atomic E-state index is 13.0. The van der Waals surface area contributed by atoms with Crippen molar-refractivity contribution in [2.45, 2.75) is 71.1 Å². The number of nitrogens with zero attached hydrogens (tertiary/aromatic N) is 1. The van der Waals surface area contributed by atoms with Crippen LogP contribution < -0.4 is 16.6 Å². The largest absolute Gasteiger partial charge is 0.373 e. The van der Waals surface area contributed by atoms with Crippen LogP contribution in [0.25, 0.3) is 10.9 Å². The minimum atomic E-state index is -0.389. The van der Waals surface area contributed by atoms with Crippen molar-refractivity contribution in [3.8, 4) is 0 Å². The molecule has 1 saturated carbocycles. The van der Waals surface area contributed by atoms with Crippen molar-refractivity contribution < 1.29 is 9.53 Å². The molecule has 7 nitrogen and oxygen atoms in total. The van der Waals surface area contributed by atoms with Crippen LogP contribution in [-0.4, -0.2) is 27.2 Å². The molecule has 1 amide bonds. The van der Waals surface area contributed by atoms with Crippen molar-refractivity contribution in [3.05, 3.63) is 39.0 Å². The Morgan fingerprint density at radius 1 is 1.19 bits per heavy atom. The molecule has 1 heterocycles. The molecule has 27 heavy (non-hydrogen) atoms. The van der Waals surface area contributed by atoms with Crippen LogP contribution in [0.1, 0.15) is 59.4 Å². The SMILES string of the molecule is CC(=O)Nc1ccc2[nH]c(=O)n(C3CCC(OC(C)(C)C)CC3)c(=O)c2c1. The third-order valence-electron chi connectivity index (χ3n) is 4.78. The molecular weight excluding hydrogens is 346 g/mol. The molecule has 0 unspecified atom stereocenters. The van der Waals surface area contributed by atoms with Gasteiger partial charge >= 0.3 is 5.69 Å². The summed E-state index contributed by atoms with van der Waals surface area (Å²) in [4.78, 5) is 39.6. The number of ether oxygens (including phenoxy) is 1. The number of anilines is 1. The van der Waals surface area contributed by atoms with Gasteiger partial charge in [-0.2, -0.15) is 0 Å². The number of benzene rings is 1. The van der Waals surface area contributed by atoms with Gasteiger partial charge in [-0.15, -0.1) is 0 Å². The first-order chi connectivity index (χ1) is 12.6. The Kier molecular flexibility index (Phi) is 5.24. The van der Waals surface area contributed by atoms with E-state index in [0.717, 1.165) is 25.7 Å². The fraction of sp³-hybridized carbons (Fsp3) is 0.550. The number of fused-ring (bicyclic) bond motifs is 1. The lowest BCUT2D eigenvalue weighted by Gasteiger charge is -2.33. The van der Waals surface area contributed by atoms with Gasteiger partial charge in [0.05, 0.1) is 22.6 Å². The van der Waals surface area contributed by atoms with Crippen molar-refractivity contribution in [1.29, 1.82) is 0 Å². The minimum absolute atomic E-state index is 0.144. The summed E-state index contributed by atoms with van der Waals surface area (Å²) in [6, 6.07) is 4.77. The quantitative estimate of drug-likeness (QED) is 0.865. The fourth-order valence-electron chi connectivity index (χ4n) is 3.76. The van der Waals surface area contributed by atoms with Crippen LogP contribution >= 0.6 is 0 Å². The van der Waals surface area contributed by atoms with Crippen LogP contribution in [0.5, 0.6) is 0 Å². The molecule has 2 aromatic rings. The highest BCUT2D eigenvalue weighted by Crippen LogP contribution is 2.30. The van der Waals surface area contributed by atoms with Gasteiger partial charge in [0.15, 0.2) is 0 Å². The zero-order chi connectivity index (χ0) is 19.8. The average molecular weight is 373 g/mol. The van der Waals surface area contributed by atoms with Gasteiger partial charge in [0.1, 0.15) is 0 Å². The lowest BCUT2D eigenvalue weighted by molar-refractivity contribution is -0.114. The first-order valence-electron chi connectivity index (χ1n) is 9.38. The fourth-order valence-corrected chi connectivity index (χ4v) is 3.76. The molecule has 0 spiro atoms. The Hall–Kier alpha value is -2.41. The minimum Gasteiger partial charge on any atom is -0.373 e. The van der Waals surface area contributed by atoms with Gasteiger partial charge in [0, 0.05) is 18.7 Å². The lowest BCUT2D eigenvalue weighted by atomic mass is 9.92.